The van der Waals surface area contributed by atoms with Gasteiger partial charge in [-0.05, 0) is 30.7 Å². The molecule has 3 heterocycles. The molecule has 0 aromatic carbocycles. The van der Waals surface area contributed by atoms with E-state index in [0.29, 0.717) is 10.9 Å². The van der Waals surface area contributed by atoms with Gasteiger partial charge in [-0.2, -0.15) is 26.3 Å². The fraction of sp³-hybridized carbons (Fsp3) is 0.588. The molecule has 1 aliphatic carbocycles. The summed E-state index contributed by atoms with van der Waals surface area (Å²) >= 11 is 1.10. The van der Waals surface area contributed by atoms with Crippen molar-refractivity contribution < 1.29 is 36.2 Å². The van der Waals surface area contributed by atoms with Gasteiger partial charge in [0.2, 0.25) is 0 Å². The zero-order valence-corrected chi connectivity index (χ0v) is 16.2. The van der Waals surface area contributed by atoms with Crippen LogP contribution >= 0.6 is 11.3 Å². The number of hydrogen-bond acceptors (Lipinski definition) is 6. The van der Waals surface area contributed by atoms with E-state index < -0.39 is 24.7 Å². The topological polar surface area (TPSA) is 92.3 Å². The Kier molecular flexibility index (Phi) is 5.89. The fourth-order valence-corrected chi connectivity index (χ4v) is 4.95. The fourth-order valence-electron chi connectivity index (χ4n) is 3.93. The first kappa shape index (κ1) is 22.5. The summed E-state index contributed by atoms with van der Waals surface area (Å²) in [6, 6.07) is 1.89. The number of carboxylic acid groups (broad SMARTS) is 1. The van der Waals surface area contributed by atoms with Gasteiger partial charge in [0.15, 0.2) is 0 Å². The average Bonchev–Trinajstić information content (AvgIpc) is 3.16. The van der Waals surface area contributed by atoms with Crippen molar-refractivity contribution in [2.24, 2.45) is 11.1 Å². The number of aromatic nitrogens is 2. The van der Waals surface area contributed by atoms with E-state index in [1.165, 1.54) is 6.33 Å². The first-order valence-electron chi connectivity index (χ1n) is 8.89. The maximum absolute atomic E-state index is 12.6. The Morgan fingerprint density at radius 1 is 1.27 bits per heavy atom. The van der Waals surface area contributed by atoms with Crippen LogP contribution in [0, 0.1) is 5.41 Å². The van der Waals surface area contributed by atoms with Crippen LogP contribution in [0.25, 0.3) is 10.2 Å². The van der Waals surface area contributed by atoms with Crippen LogP contribution in [0.5, 0.6) is 0 Å². The SMILES string of the molecule is NC1CC2(CCN(c3ncnc4sc(CC(F)(F)F)cc34)C2)C1.O=C(O)C(F)(F)F. The number of thiophene rings is 1. The number of nitrogens with zero attached hydrogens (tertiary/aromatic N) is 3. The molecule has 1 saturated carbocycles. The number of carboxylic acids is 1. The molecule has 2 fully saturated rings. The molecule has 2 aliphatic rings. The Bertz CT molecular complexity index is 923. The van der Waals surface area contributed by atoms with Gasteiger partial charge in [-0.25, -0.2) is 14.8 Å². The lowest BCUT2D eigenvalue weighted by Gasteiger charge is -2.43. The molecule has 2 aromatic rings. The van der Waals surface area contributed by atoms with Gasteiger partial charge in [0.1, 0.15) is 17.0 Å². The third-order valence-electron chi connectivity index (χ3n) is 5.10. The number of halogens is 6. The lowest BCUT2D eigenvalue weighted by molar-refractivity contribution is -0.192. The van der Waals surface area contributed by atoms with Crippen molar-refractivity contribution >= 4 is 33.3 Å². The van der Waals surface area contributed by atoms with E-state index in [-0.39, 0.29) is 10.3 Å². The summed E-state index contributed by atoms with van der Waals surface area (Å²) in [6.07, 6.45) is -5.61. The minimum atomic E-state index is -5.08. The highest BCUT2D eigenvalue weighted by Gasteiger charge is 2.47. The summed E-state index contributed by atoms with van der Waals surface area (Å²) in [6.45, 7) is 1.76. The molecule has 3 N–H and O–H groups in total. The van der Waals surface area contributed by atoms with Gasteiger partial charge in [-0.1, -0.05) is 0 Å². The molecule has 2 aromatic heterocycles. The van der Waals surface area contributed by atoms with Crippen LogP contribution in [-0.4, -0.2) is 52.5 Å². The number of carbonyl (C=O) groups is 1. The van der Waals surface area contributed by atoms with Gasteiger partial charge < -0.3 is 15.7 Å². The van der Waals surface area contributed by atoms with Gasteiger partial charge in [0.05, 0.1) is 11.8 Å². The molecule has 0 radical (unpaired) electrons. The van der Waals surface area contributed by atoms with Crippen LogP contribution in [0.4, 0.5) is 32.2 Å². The van der Waals surface area contributed by atoms with Crippen LogP contribution in [-0.2, 0) is 11.2 Å². The van der Waals surface area contributed by atoms with E-state index in [9.17, 15) is 26.3 Å². The van der Waals surface area contributed by atoms with Crippen molar-refractivity contribution in [1.29, 1.82) is 0 Å². The molecule has 4 rings (SSSR count). The number of hydrogen-bond donors (Lipinski definition) is 2. The van der Waals surface area contributed by atoms with Crippen LogP contribution in [0.15, 0.2) is 12.4 Å². The smallest absolute Gasteiger partial charge is 0.475 e. The zero-order valence-electron chi connectivity index (χ0n) is 15.4. The second-order valence-electron chi connectivity index (χ2n) is 7.56. The predicted octanol–water partition coefficient (Wildman–Crippen LogP) is 3.75. The number of rotatable bonds is 2. The molecule has 166 valence electrons. The summed E-state index contributed by atoms with van der Waals surface area (Å²) < 4.78 is 69.6. The maximum atomic E-state index is 12.6. The Hall–Kier alpha value is -2.15. The van der Waals surface area contributed by atoms with Gasteiger partial charge in [-0.15, -0.1) is 11.3 Å². The first-order chi connectivity index (χ1) is 13.8. The van der Waals surface area contributed by atoms with E-state index in [4.69, 9.17) is 15.6 Å². The molecule has 0 bridgehead atoms. The van der Waals surface area contributed by atoms with Crippen molar-refractivity contribution in [1.82, 2.24) is 9.97 Å². The van der Waals surface area contributed by atoms with Crippen molar-refractivity contribution in [2.45, 2.75) is 44.1 Å². The molecule has 13 heteroatoms. The van der Waals surface area contributed by atoms with Crippen LogP contribution in [0.2, 0.25) is 0 Å². The molecule has 30 heavy (non-hydrogen) atoms. The van der Waals surface area contributed by atoms with Crippen LogP contribution < -0.4 is 10.6 Å². The van der Waals surface area contributed by atoms with Gasteiger partial charge >= 0.3 is 18.3 Å². The molecule has 6 nitrogen and oxygen atoms in total. The maximum Gasteiger partial charge on any atom is 0.490 e. The van der Waals surface area contributed by atoms with E-state index in [1.807, 2.05) is 0 Å². The predicted molar refractivity (Wildman–Crippen MR) is 97.3 cm³/mol. The summed E-state index contributed by atoms with van der Waals surface area (Å²) in [4.78, 5) is 20.5. The van der Waals surface area contributed by atoms with E-state index in [2.05, 4.69) is 14.9 Å². The van der Waals surface area contributed by atoms with Crippen LogP contribution in [0.3, 0.4) is 0 Å². The molecule has 0 atom stereocenters. The second-order valence-corrected chi connectivity index (χ2v) is 8.68. The largest absolute Gasteiger partial charge is 0.490 e. The third-order valence-corrected chi connectivity index (χ3v) is 6.15. The lowest BCUT2D eigenvalue weighted by Crippen LogP contribution is -2.47. The molecular formula is C17H18F6N4O2S. The molecule has 1 aliphatic heterocycles. The number of aliphatic carboxylic acids is 1. The van der Waals surface area contributed by atoms with Gasteiger partial charge in [0, 0.05) is 24.0 Å². The lowest BCUT2D eigenvalue weighted by atomic mass is 9.65. The third kappa shape index (κ3) is 5.12. The number of anilines is 1. The van der Waals surface area contributed by atoms with Crippen LogP contribution in [0.1, 0.15) is 24.1 Å². The average molecular weight is 456 g/mol. The summed E-state index contributed by atoms with van der Waals surface area (Å²) in [5.41, 5.74) is 6.20. The number of nitrogens with two attached hydrogens (primary N) is 1. The Morgan fingerprint density at radius 2 is 1.90 bits per heavy atom. The summed E-state index contributed by atoms with van der Waals surface area (Å²) in [7, 11) is 0. The Labute approximate surface area is 170 Å². The Balaban J connectivity index is 0.000000318. The number of fused-ring (bicyclic) bond motifs is 1. The molecule has 0 amide bonds. The quantitative estimate of drug-likeness (QED) is 0.669. The number of alkyl halides is 6. The Morgan fingerprint density at radius 3 is 2.43 bits per heavy atom. The first-order valence-corrected chi connectivity index (χ1v) is 9.70. The normalized spacial score (nSPS) is 24.0. The summed E-state index contributed by atoms with van der Waals surface area (Å²) in [5, 5.41) is 7.86. The minimum Gasteiger partial charge on any atom is -0.475 e. The van der Waals surface area contributed by atoms with Crippen molar-refractivity contribution in [3.8, 4) is 0 Å². The molecule has 1 saturated heterocycles. The van der Waals surface area contributed by atoms with Crippen molar-refractivity contribution in [3.05, 3.63) is 17.3 Å². The molecule has 1 spiro atoms. The van der Waals surface area contributed by atoms with Crippen molar-refractivity contribution in [3.63, 3.8) is 0 Å². The highest BCUT2D eigenvalue weighted by molar-refractivity contribution is 7.18. The minimum absolute atomic E-state index is 0.279. The van der Waals surface area contributed by atoms with Gasteiger partial charge in [-0.3, -0.25) is 0 Å². The van der Waals surface area contributed by atoms with E-state index in [1.54, 1.807) is 6.07 Å². The highest BCUT2D eigenvalue weighted by atomic mass is 32.1. The monoisotopic (exact) mass is 456 g/mol. The highest BCUT2D eigenvalue weighted by Crippen LogP contribution is 2.48. The van der Waals surface area contributed by atoms with E-state index in [0.717, 1.165) is 54.9 Å². The molecule has 0 unspecified atom stereocenters. The standard InChI is InChI=1S/C15H17F3N4S.C2HF3O2/c16-15(17,18)6-10-3-11-12(20-8-21-13(11)23-10)22-2-1-14(7-22)4-9(19)5-14;3-2(4,5)1(6)7/h3,8-9H,1-2,4-7,19H2;(H,6,7). The zero-order chi connectivity index (χ0) is 22.3. The van der Waals surface area contributed by atoms with E-state index >= 15 is 0 Å². The summed E-state index contributed by atoms with van der Waals surface area (Å²) in [5.74, 6) is -2.00. The van der Waals surface area contributed by atoms with Crippen molar-refractivity contribution in [2.75, 3.05) is 18.0 Å². The second kappa shape index (κ2) is 7.84. The molecular weight excluding hydrogens is 438 g/mol. The van der Waals surface area contributed by atoms with Gasteiger partial charge in [0.25, 0.3) is 0 Å².